The Kier molecular flexibility index (Phi) is 7.36. The van der Waals surface area contributed by atoms with Gasteiger partial charge in [-0.25, -0.2) is 21.9 Å². The number of hydrogen-bond acceptors (Lipinski definition) is 7. The molecule has 0 spiro atoms. The maximum Gasteiger partial charge on any atom is 0.232 e. The SMILES string of the molecule is CCCS(=O)(=O)Nc1ccc(F)c(-n2cc(-c3cncc(N(C)CCOC)c3)nn2)c1F. The van der Waals surface area contributed by atoms with Gasteiger partial charge < -0.3 is 9.64 Å². The number of aromatic nitrogens is 4. The molecule has 0 aliphatic rings. The van der Waals surface area contributed by atoms with Crippen molar-refractivity contribution in [1.82, 2.24) is 20.0 Å². The Hall–Kier alpha value is -3.12. The zero-order valence-electron chi connectivity index (χ0n) is 17.9. The predicted molar refractivity (Wildman–Crippen MR) is 117 cm³/mol. The van der Waals surface area contributed by atoms with Gasteiger partial charge in [0.25, 0.3) is 0 Å². The Labute approximate surface area is 185 Å². The van der Waals surface area contributed by atoms with Gasteiger partial charge in [-0.15, -0.1) is 5.10 Å². The largest absolute Gasteiger partial charge is 0.383 e. The van der Waals surface area contributed by atoms with Gasteiger partial charge in [-0.2, -0.15) is 0 Å². The number of ether oxygens (including phenoxy) is 1. The van der Waals surface area contributed by atoms with Crippen molar-refractivity contribution in [1.29, 1.82) is 0 Å². The number of benzene rings is 1. The molecule has 0 saturated heterocycles. The van der Waals surface area contributed by atoms with Crippen molar-refractivity contribution in [3.8, 4) is 16.9 Å². The normalized spacial score (nSPS) is 11.5. The van der Waals surface area contributed by atoms with Crippen LogP contribution in [0.3, 0.4) is 0 Å². The van der Waals surface area contributed by atoms with Crippen molar-refractivity contribution < 1.29 is 21.9 Å². The van der Waals surface area contributed by atoms with Crippen LogP contribution in [0.1, 0.15) is 13.3 Å². The van der Waals surface area contributed by atoms with Gasteiger partial charge in [-0.3, -0.25) is 9.71 Å². The molecule has 32 heavy (non-hydrogen) atoms. The molecule has 9 nitrogen and oxygen atoms in total. The maximum atomic E-state index is 15.0. The molecule has 0 saturated carbocycles. The third-order valence-electron chi connectivity index (χ3n) is 4.62. The number of halogens is 2. The van der Waals surface area contributed by atoms with Gasteiger partial charge in [0, 0.05) is 32.5 Å². The third kappa shape index (κ3) is 5.37. The maximum absolute atomic E-state index is 15.0. The van der Waals surface area contributed by atoms with Gasteiger partial charge in [0.1, 0.15) is 11.4 Å². The van der Waals surface area contributed by atoms with Crippen LogP contribution in [0, 0.1) is 11.6 Å². The molecule has 172 valence electrons. The van der Waals surface area contributed by atoms with E-state index in [0.29, 0.717) is 30.8 Å². The van der Waals surface area contributed by atoms with Crippen LogP contribution in [-0.2, 0) is 14.8 Å². The molecule has 3 rings (SSSR count). The molecule has 0 aliphatic heterocycles. The minimum atomic E-state index is -3.76. The predicted octanol–water partition coefficient (Wildman–Crippen LogP) is 2.84. The van der Waals surface area contributed by atoms with Gasteiger partial charge in [0.2, 0.25) is 10.0 Å². The summed E-state index contributed by atoms with van der Waals surface area (Å²) in [4.78, 5) is 6.13. The summed E-state index contributed by atoms with van der Waals surface area (Å²) in [5.74, 6) is -2.19. The molecule has 1 aromatic carbocycles. The van der Waals surface area contributed by atoms with Crippen LogP contribution in [0.5, 0.6) is 0 Å². The molecule has 1 N–H and O–H groups in total. The van der Waals surface area contributed by atoms with E-state index < -0.39 is 27.3 Å². The first-order valence-corrected chi connectivity index (χ1v) is 11.5. The highest BCUT2D eigenvalue weighted by Gasteiger charge is 2.21. The van der Waals surface area contributed by atoms with E-state index in [1.807, 2.05) is 18.0 Å². The average Bonchev–Trinajstić information content (AvgIpc) is 3.24. The highest BCUT2D eigenvalue weighted by molar-refractivity contribution is 7.92. The smallest absolute Gasteiger partial charge is 0.232 e. The van der Waals surface area contributed by atoms with Gasteiger partial charge in [-0.1, -0.05) is 12.1 Å². The summed E-state index contributed by atoms with van der Waals surface area (Å²) in [6.07, 6.45) is 4.94. The molecular formula is C20H24F2N6O3S. The Balaban J connectivity index is 1.93. The summed E-state index contributed by atoms with van der Waals surface area (Å²) in [5, 5.41) is 7.83. The van der Waals surface area contributed by atoms with E-state index in [-0.39, 0.29) is 11.4 Å². The second kappa shape index (κ2) is 10.0. The fourth-order valence-corrected chi connectivity index (χ4v) is 4.09. The monoisotopic (exact) mass is 466 g/mol. The first kappa shape index (κ1) is 23.5. The van der Waals surface area contributed by atoms with E-state index in [4.69, 9.17) is 4.74 Å². The van der Waals surface area contributed by atoms with Crippen LogP contribution in [0.15, 0.2) is 36.8 Å². The summed E-state index contributed by atoms with van der Waals surface area (Å²) < 4.78 is 61.6. The van der Waals surface area contributed by atoms with E-state index in [1.165, 1.54) is 6.20 Å². The van der Waals surface area contributed by atoms with Gasteiger partial charge in [0.15, 0.2) is 11.6 Å². The first-order valence-electron chi connectivity index (χ1n) is 9.82. The van der Waals surface area contributed by atoms with Gasteiger partial charge in [-0.05, 0) is 24.6 Å². The van der Waals surface area contributed by atoms with Gasteiger partial charge >= 0.3 is 0 Å². The Bertz CT molecular complexity index is 1190. The minimum Gasteiger partial charge on any atom is -0.383 e. The molecule has 0 radical (unpaired) electrons. The summed E-state index contributed by atoms with van der Waals surface area (Å²) in [6, 6.07) is 3.82. The lowest BCUT2D eigenvalue weighted by Crippen LogP contribution is -2.22. The van der Waals surface area contributed by atoms with Crippen LogP contribution in [0.2, 0.25) is 0 Å². The third-order valence-corrected chi connectivity index (χ3v) is 6.10. The number of sulfonamides is 1. The number of rotatable bonds is 10. The van der Waals surface area contributed by atoms with Crippen molar-refractivity contribution in [3.63, 3.8) is 0 Å². The standard InChI is InChI=1S/C20H24F2N6O3S/c1-4-9-32(29,30)25-17-6-5-16(21)20(19(17)22)28-13-18(24-26-28)14-10-15(12-23-11-14)27(2)7-8-31-3/h5-6,10-13,25H,4,7-9H2,1-3H3. The molecule has 0 bridgehead atoms. The Morgan fingerprint density at radius 3 is 2.75 bits per heavy atom. The van der Waals surface area contributed by atoms with Crippen molar-refractivity contribution in [2.45, 2.75) is 13.3 Å². The lowest BCUT2D eigenvalue weighted by atomic mass is 10.2. The highest BCUT2D eigenvalue weighted by atomic mass is 32.2. The number of nitrogens with zero attached hydrogens (tertiary/aromatic N) is 5. The highest BCUT2D eigenvalue weighted by Crippen LogP contribution is 2.27. The molecule has 0 atom stereocenters. The zero-order chi connectivity index (χ0) is 23.3. The zero-order valence-corrected chi connectivity index (χ0v) is 18.7. The molecule has 2 heterocycles. The Morgan fingerprint density at radius 2 is 2.03 bits per heavy atom. The second-order valence-corrected chi connectivity index (χ2v) is 8.91. The molecule has 0 unspecified atom stereocenters. The van der Waals surface area contributed by atoms with Gasteiger partial charge in [0.05, 0.1) is 36.1 Å². The average molecular weight is 467 g/mol. The molecule has 12 heteroatoms. The van der Waals surface area contributed by atoms with E-state index in [9.17, 15) is 12.8 Å². The molecule has 0 aliphatic carbocycles. The number of anilines is 2. The second-order valence-electron chi connectivity index (χ2n) is 7.07. The number of hydrogen-bond donors (Lipinski definition) is 1. The molecule has 2 aromatic heterocycles. The van der Waals surface area contributed by atoms with Crippen molar-refractivity contribution in [2.75, 3.05) is 42.7 Å². The number of pyridine rings is 1. The summed E-state index contributed by atoms with van der Waals surface area (Å²) in [7, 11) is -0.261. The van der Waals surface area contributed by atoms with E-state index >= 15 is 4.39 Å². The number of methoxy groups -OCH3 is 1. The number of nitrogens with one attached hydrogen (secondary N) is 1. The summed E-state index contributed by atoms with van der Waals surface area (Å²) in [6.45, 7) is 2.86. The molecular weight excluding hydrogens is 442 g/mol. The molecule has 3 aromatic rings. The van der Waals surface area contributed by atoms with Crippen LogP contribution < -0.4 is 9.62 Å². The topological polar surface area (TPSA) is 102 Å². The number of likely N-dealkylation sites (N-methyl/N-ethyl adjacent to an activating group) is 1. The van der Waals surface area contributed by atoms with Crippen LogP contribution in [-0.4, -0.2) is 61.5 Å². The summed E-state index contributed by atoms with van der Waals surface area (Å²) in [5.41, 5.74) is 0.838. The molecule has 0 amide bonds. The van der Waals surface area contributed by atoms with E-state index in [1.54, 1.807) is 26.4 Å². The van der Waals surface area contributed by atoms with E-state index in [0.717, 1.165) is 22.5 Å². The van der Waals surface area contributed by atoms with Crippen LogP contribution >= 0.6 is 0 Å². The van der Waals surface area contributed by atoms with Crippen LogP contribution in [0.25, 0.3) is 16.9 Å². The van der Waals surface area contributed by atoms with E-state index in [2.05, 4.69) is 20.0 Å². The van der Waals surface area contributed by atoms with Crippen molar-refractivity contribution in [3.05, 3.63) is 48.4 Å². The Morgan fingerprint density at radius 1 is 1.25 bits per heavy atom. The summed E-state index contributed by atoms with van der Waals surface area (Å²) >= 11 is 0. The first-order chi connectivity index (χ1) is 15.3. The quantitative estimate of drug-likeness (QED) is 0.490. The minimum absolute atomic E-state index is 0.186. The lowest BCUT2D eigenvalue weighted by Gasteiger charge is -2.18. The fraction of sp³-hybridized carbons (Fsp3) is 0.350. The van der Waals surface area contributed by atoms with Crippen molar-refractivity contribution >= 4 is 21.4 Å². The fourth-order valence-electron chi connectivity index (χ4n) is 2.96. The lowest BCUT2D eigenvalue weighted by molar-refractivity contribution is 0.206. The van der Waals surface area contributed by atoms with Crippen molar-refractivity contribution in [2.24, 2.45) is 0 Å². The molecule has 0 fully saturated rings. The van der Waals surface area contributed by atoms with Crippen LogP contribution in [0.4, 0.5) is 20.2 Å².